The van der Waals surface area contributed by atoms with Gasteiger partial charge >= 0.3 is 0 Å². The number of pyridine rings is 1. The van der Waals surface area contributed by atoms with Gasteiger partial charge in [0.05, 0.1) is 12.1 Å². The lowest BCUT2D eigenvalue weighted by atomic mass is 9.99. The summed E-state index contributed by atoms with van der Waals surface area (Å²) in [6.07, 6.45) is 5.47. The van der Waals surface area contributed by atoms with Crippen molar-refractivity contribution in [1.29, 1.82) is 0 Å². The number of amides is 1. The van der Waals surface area contributed by atoms with Gasteiger partial charge in [-0.1, -0.05) is 6.07 Å². The standard InChI is InChI=1S/C15H22N2O2/c1-12-4-2-7-16-14(12)10-15(18)17-8-6-13-5-3-9-19-11-13/h2,4,7,13H,3,5-6,8-11H2,1H3,(H,17,18). The van der Waals surface area contributed by atoms with E-state index in [1.165, 1.54) is 6.42 Å². The molecule has 0 bridgehead atoms. The first kappa shape index (κ1) is 14.0. The van der Waals surface area contributed by atoms with Gasteiger partial charge in [0.1, 0.15) is 0 Å². The smallest absolute Gasteiger partial charge is 0.226 e. The van der Waals surface area contributed by atoms with E-state index < -0.39 is 0 Å². The molecule has 1 unspecified atom stereocenters. The summed E-state index contributed by atoms with van der Waals surface area (Å²) in [6, 6.07) is 3.87. The summed E-state index contributed by atoms with van der Waals surface area (Å²) < 4.78 is 5.43. The Hall–Kier alpha value is -1.42. The van der Waals surface area contributed by atoms with Gasteiger partial charge in [0, 0.05) is 26.0 Å². The van der Waals surface area contributed by atoms with E-state index in [1.54, 1.807) is 6.20 Å². The molecule has 0 saturated carbocycles. The number of carbonyl (C=O) groups is 1. The molecule has 1 aromatic rings. The highest BCUT2D eigenvalue weighted by atomic mass is 16.5. The Kier molecular flexibility index (Phi) is 5.33. The maximum Gasteiger partial charge on any atom is 0.226 e. The maximum atomic E-state index is 11.8. The van der Waals surface area contributed by atoms with Crippen LogP contribution in [-0.2, 0) is 16.0 Å². The van der Waals surface area contributed by atoms with Crippen LogP contribution in [0.3, 0.4) is 0 Å². The zero-order valence-electron chi connectivity index (χ0n) is 11.5. The third-order valence-electron chi connectivity index (χ3n) is 3.58. The van der Waals surface area contributed by atoms with E-state index in [2.05, 4.69) is 10.3 Å². The molecule has 1 aromatic heterocycles. The van der Waals surface area contributed by atoms with Crippen LogP contribution in [0.1, 0.15) is 30.5 Å². The molecule has 1 N–H and O–H groups in total. The van der Waals surface area contributed by atoms with Crippen LogP contribution in [0.2, 0.25) is 0 Å². The van der Waals surface area contributed by atoms with E-state index in [9.17, 15) is 4.79 Å². The Morgan fingerprint density at radius 3 is 3.21 bits per heavy atom. The molecule has 0 spiro atoms. The molecule has 1 aliphatic heterocycles. The quantitative estimate of drug-likeness (QED) is 0.881. The number of hydrogen-bond donors (Lipinski definition) is 1. The monoisotopic (exact) mass is 262 g/mol. The third kappa shape index (κ3) is 4.63. The van der Waals surface area contributed by atoms with Gasteiger partial charge in [-0.15, -0.1) is 0 Å². The fourth-order valence-electron chi connectivity index (χ4n) is 2.37. The van der Waals surface area contributed by atoms with E-state index in [0.717, 1.165) is 43.9 Å². The van der Waals surface area contributed by atoms with Gasteiger partial charge in [-0.25, -0.2) is 0 Å². The number of aryl methyl sites for hydroxylation is 1. The summed E-state index contributed by atoms with van der Waals surface area (Å²) in [7, 11) is 0. The highest BCUT2D eigenvalue weighted by Gasteiger charge is 2.14. The first-order chi connectivity index (χ1) is 9.25. The zero-order valence-corrected chi connectivity index (χ0v) is 11.5. The van der Waals surface area contributed by atoms with Crippen molar-refractivity contribution in [2.45, 2.75) is 32.6 Å². The highest BCUT2D eigenvalue weighted by molar-refractivity contribution is 5.78. The normalized spacial score (nSPS) is 19.1. The van der Waals surface area contributed by atoms with Crippen molar-refractivity contribution in [3.05, 3.63) is 29.6 Å². The summed E-state index contributed by atoms with van der Waals surface area (Å²) in [5.74, 6) is 0.657. The molecule has 1 fully saturated rings. The summed E-state index contributed by atoms with van der Waals surface area (Å²) in [4.78, 5) is 16.1. The second-order valence-electron chi connectivity index (χ2n) is 5.17. The Morgan fingerprint density at radius 2 is 2.47 bits per heavy atom. The van der Waals surface area contributed by atoms with Crippen LogP contribution in [0, 0.1) is 12.8 Å². The number of carbonyl (C=O) groups excluding carboxylic acids is 1. The van der Waals surface area contributed by atoms with E-state index in [4.69, 9.17) is 4.74 Å². The number of nitrogens with one attached hydrogen (secondary N) is 1. The predicted molar refractivity (Wildman–Crippen MR) is 73.8 cm³/mol. The molecule has 104 valence electrons. The second kappa shape index (κ2) is 7.24. The average molecular weight is 262 g/mol. The van der Waals surface area contributed by atoms with Gasteiger partial charge < -0.3 is 10.1 Å². The molecule has 0 radical (unpaired) electrons. The molecule has 1 amide bonds. The largest absolute Gasteiger partial charge is 0.381 e. The van der Waals surface area contributed by atoms with Crippen molar-refractivity contribution in [1.82, 2.24) is 10.3 Å². The van der Waals surface area contributed by atoms with E-state index in [-0.39, 0.29) is 5.91 Å². The van der Waals surface area contributed by atoms with Gasteiger partial charge in [-0.3, -0.25) is 9.78 Å². The molecule has 2 heterocycles. The van der Waals surface area contributed by atoms with Crippen molar-refractivity contribution in [2.75, 3.05) is 19.8 Å². The molecule has 1 saturated heterocycles. The molecule has 1 atom stereocenters. The number of ether oxygens (including phenoxy) is 1. The molecule has 0 aliphatic carbocycles. The Balaban J connectivity index is 1.68. The lowest BCUT2D eigenvalue weighted by molar-refractivity contribution is -0.120. The van der Waals surface area contributed by atoms with Crippen molar-refractivity contribution >= 4 is 5.91 Å². The minimum Gasteiger partial charge on any atom is -0.381 e. The fraction of sp³-hybridized carbons (Fsp3) is 0.600. The number of nitrogens with zero attached hydrogens (tertiary/aromatic N) is 1. The van der Waals surface area contributed by atoms with Gasteiger partial charge in [0.15, 0.2) is 0 Å². The molecule has 19 heavy (non-hydrogen) atoms. The first-order valence-corrected chi connectivity index (χ1v) is 7.00. The minimum absolute atomic E-state index is 0.0542. The van der Waals surface area contributed by atoms with E-state index in [1.807, 2.05) is 19.1 Å². The van der Waals surface area contributed by atoms with E-state index in [0.29, 0.717) is 12.3 Å². The number of hydrogen-bond acceptors (Lipinski definition) is 3. The van der Waals surface area contributed by atoms with Crippen LogP contribution < -0.4 is 5.32 Å². The van der Waals surface area contributed by atoms with Crippen molar-refractivity contribution < 1.29 is 9.53 Å². The van der Waals surface area contributed by atoms with Gasteiger partial charge in [0.2, 0.25) is 5.91 Å². The van der Waals surface area contributed by atoms with Gasteiger partial charge in [-0.2, -0.15) is 0 Å². The lowest BCUT2D eigenvalue weighted by Gasteiger charge is -2.21. The summed E-state index contributed by atoms with van der Waals surface area (Å²) in [5.41, 5.74) is 1.93. The third-order valence-corrected chi connectivity index (χ3v) is 3.58. The molecule has 1 aliphatic rings. The van der Waals surface area contributed by atoms with Crippen LogP contribution in [0.4, 0.5) is 0 Å². The molecule has 4 heteroatoms. The first-order valence-electron chi connectivity index (χ1n) is 7.00. The Labute approximate surface area is 114 Å². The van der Waals surface area contributed by atoms with Crippen molar-refractivity contribution in [3.63, 3.8) is 0 Å². The highest BCUT2D eigenvalue weighted by Crippen LogP contribution is 2.16. The predicted octanol–water partition coefficient (Wildman–Crippen LogP) is 1.87. The molecule has 2 rings (SSSR count). The Bertz CT molecular complexity index is 414. The molecular formula is C15H22N2O2. The van der Waals surface area contributed by atoms with Crippen LogP contribution in [0.5, 0.6) is 0 Å². The fourth-order valence-corrected chi connectivity index (χ4v) is 2.37. The lowest BCUT2D eigenvalue weighted by Crippen LogP contribution is -2.29. The maximum absolute atomic E-state index is 11.8. The van der Waals surface area contributed by atoms with Crippen LogP contribution in [0.15, 0.2) is 18.3 Å². The number of rotatable bonds is 5. The van der Waals surface area contributed by atoms with Gasteiger partial charge in [0.25, 0.3) is 0 Å². The topological polar surface area (TPSA) is 51.2 Å². The van der Waals surface area contributed by atoms with Crippen molar-refractivity contribution in [3.8, 4) is 0 Å². The van der Waals surface area contributed by atoms with Crippen LogP contribution in [0.25, 0.3) is 0 Å². The van der Waals surface area contributed by atoms with Crippen LogP contribution >= 0.6 is 0 Å². The van der Waals surface area contributed by atoms with Crippen LogP contribution in [-0.4, -0.2) is 30.6 Å². The molecule has 4 nitrogen and oxygen atoms in total. The summed E-state index contributed by atoms with van der Waals surface area (Å²) in [5, 5.41) is 2.97. The average Bonchev–Trinajstić information content (AvgIpc) is 2.43. The summed E-state index contributed by atoms with van der Waals surface area (Å²) >= 11 is 0. The zero-order chi connectivity index (χ0) is 13.5. The molecular weight excluding hydrogens is 240 g/mol. The second-order valence-corrected chi connectivity index (χ2v) is 5.17. The molecule has 0 aromatic carbocycles. The van der Waals surface area contributed by atoms with Crippen molar-refractivity contribution in [2.24, 2.45) is 5.92 Å². The Morgan fingerprint density at radius 1 is 1.58 bits per heavy atom. The van der Waals surface area contributed by atoms with Gasteiger partial charge in [-0.05, 0) is 43.7 Å². The summed E-state index contributed by atoms with van der Waals surface area (Å²) in [6.45, 7) is 4.45. The minimum atomic E-state index is 0.0542. The SMILES string of the molecule is Cc1cccnc1CC(=O)NCCC1CCCOC1. The van der Waals surface area contributed by atoms with E-state index >= 15 is 0 Å². The number of aromatic nitrogens is 1.